The van der Waals surface area contributed by atoms with Gasteiger partial charge in [0, 0.05) is 18.0 Å². The molecule has 0 heterocycles. The van der Waals surface area contributed by atoms with Gasteiger partial charge >= 0.3 is 0 Å². The smallest absolute Gasteiger partial charge is 0.255 e. The molecule has 0 atom stereocenters. The van der Waals surface area contributed by atoms with Crippen LogP contribution in [-0.4, -0.2) is 41.3 Å². The molecule has 0 saturated heterocycles. The standard InChI is InChI=1S/C11H11ClF2INO2/c12-3-4-16(6-10(13)14)11(18)7-1-2-8(15)9(17)5-7/h1-2,5,10,17H,3-4,6H2. The first-order valence-electron chi connectivity index (χ1n) is 5.07. The van der Waals surface area contributed by atoms with Crippen molar-refractivity contribution in [2.45, 2.75) is 6.43 Å². The minimum atomic E-state index is -2.62. The van der Waals surface area contributed by atoms with Gasteiger partial charge in [-0.15, -0.1) is 11.6 Å². The van der Waals surface area contributed by atoms with Gasteiger partial charge in [-0.1, -0.05) is 0 Å². The van der Waals surface area contributed by atoms with Crippen LogP contribution in [0.4, 0.5) is 8.78 Å². The topological polar surface area (TPSA) is 40.5 Å². The van der Waals surface area contributed by atoms with Crippen LogP contribution in [-0.2, 0) is 0 Å². The van der Waals surface area contributed by atoms with Crippen molar-refractivity contribution in [3.05, 3.63) is 27.3 Å². The highest BCUT2D eigenvalue weighted by molar-refractivity contribution is 14.1. The zero-order valence-corrected chi connectivity index (χ0v) is 12.2. The fraction of sp³-hybridized carbons (Fsp3) is 0.364. The molecule has 0 aliphatic carbocycles. The lowest BCUT2D eigenvalue weighted by molar-refractivity contribution is 0.0571. The van der Waals surface area contributed by atoms with Crippen molar-refractivity contribution >= 4 is 40.1 Å². The van der Waals surface area contributed by atoms with Crippen LogP contribution >= 0.6 is 34.2 Å². The van der Waals surface area contributed by atoms with Gasteiger partial charge < -0.3 is 10.0 Å². The summed E-state index contributed by atoms with van der Waals surface area (Å²) in [4.78, 5) is 12.9. The first kappa shape index (κ1) is 15.4. The second-order valence-electron chi connectivity index (χ2n) is 3.50. The maximum Gasteiger partial charge on any atom is 0.255 e. The summed E-state index contributed by atoms with van der Waals surface area (Å²) in [5.41, 5.74) is 0.165. The van der Waals surface area contributed by atoms with Gasteiger partial charge in [-0.25, -0.2) is 8.78 Å². The van der Waals surface area contributed by atoms with Crippen LogP contribution < -0.4 is 0 Å². The van der Waals surface area contributed by atoms with Crippen molar-refractivity contribution in [1.82, 2.24) is 4.90 Å². The van der Waals surface area contributed by atoms with Crippen molar-refractivity contribution in [2.75, 3.05) is 19.0 Å². The highest BCUT2D eigenvalue weighted by atomic mass is 127. The van der Waals surface area contributed by atoms with E-state index in [0.717, 1.165) is 4.90 Å². The van der Waals surface area contributed by atoms with Crippen molar-refractivity contribution < 1.29 is 18.7 Å². The molecule has 1 aromatic carbocycles. The molecular formula is C11H11ClF2INO2. The number of hydrogen-bond donors (Lipinski definition) is 1. The maximum absolute atomic E-state index is 12.3. The van der Waals surface area contributed by atoms with Crippen LogP contribution in [0.5, 0.6) is 5.75 Å². The number of rotatable bonds is 5. The van der Waals surface area contributed by atoms with E-state index >= 15 is 0 Å². The van der Waals surface area contributed by atoms with E-state index in [4.69, 9.17) is 11.6 Å². The Hall–Kier alpha value is -0.630. The molecule has 1 N–H and O–H groups in total. The Bertz CT molecular complexity index is 432. The second-order valence-corrected chi connectivity index (χ2v) is 5.04. The number of halogens is 4. The Kier molecular flexibility index (Phi) is 6.07. The summed E-state index contributed by atoms with van der Waals surface area (Å²) in [5.74, 6) is -0.540. The van der Waals surface area contributed by atoms with Gasteiger partial charge in [0.25, 0.3) is 12.3 Å². The molecule has 0 aliphatic rings. The molecule has 3 nitrogen and oxygen atoms in total. The van der Waals surface area contributed by atoms with Gasteiger partial charge in [0.05, 0.1) is 10.1 Å². The number of phenolic OH excluding ortho intramolecular Hbond substituents is 1. The molecule has 0 fully saturated rings. The molecule has 0 radical (unpaired) electrons. The number of nitrogens with zero attached hydrogens (tertiary/aromatic N) is 1. The summed E-state index contributed by atoms with van der Waals surface area (Å²) in [5, 5.41) is 9.49. The van der Waals surface area contributed by atoms with Crippen LogP contribution in [0.3, 0.4) is 0 Å². The summed E-state index contributed by atoms with van der Waals surface area (Å²) in [6.07, 6.45) is -2.62. The molecule has 100 valence electrons. The van der Waals surface area contributed by atoms with Gasteiger partial charge in [0.2, 0.25) is 0 Å². The lowest BCUT2D eigenvalue weighted by Crippen LogP contribution is -2.36. The number of aromatic hydroxyl groups is 1. The molecule has 1 rings (SSSR count). The molecule has 18 heavy (non-hydrogen) atoms. The fourth-order valence-electron chi connectivity index (χ4n) is 1.37. The molecule has 0 aliphatic heterocycles. The number of hydrogen-bond acceptors (Lipinski definition) is 2. The van der Waals surface area contributed by atoms with Crippen LogP contribution in [0.2, 0.25) is 0 Å². The fourth-order valence-corrected chi connectivity index (χ4v) is 1.91. The largest absolute Gasteiger partial charge is 0.507 e. The summed E-state index contributed by atoms with van der Waals surface area (Å²) >= 11 is 7.38. The van der Waals surface area contributed by atoms with Crippen molar-refractivity contribution in [3.8, 4) is 5.75 Å². The van der Waals surface area contributed by atoms with E-state index in [1.165, 1.54) is 12.1 Å². The quantitative estimate of drug-likeness (QED) is 0.621. The van der Waals surface area contributed by atoms with Gasteiger partial charge in [-0.05, 0) is 40.8 Å². The molecule has 0 aromatic heterocycles. The summed E-state index contributed by atoms with van der Waals surface area (Å²) in [6, 6.07) is 4.29. The lowest BCUT2D eigenvalue weighted by Gasteiger charge is -2.21. The van der Waals surface area contributed by atoms with Gasteiger partial charge in [0.1, 0.15) is 5.75 Å². The molecular weight excluding hydrogens is 378 g/mol. The Morgan fingerprint density at radius 2 is 2.17 bits per heavy atom. The molecule has 0 unspecified atom stereocenters. The second kappa shape index (κ2) is 7.08. The minimum absolute atomic E-state index is 0.0392. The van der Waals surface area contributed by atoms with Gasteiger partial charge in [-0.2, -0.15) is 0 Å². The average Bonchev–Trinajstić information content (AvgIpc) is 2.31. The van der Waals surface area contributed by atoms with Crippen molar-refractivity contribution in [3.63, 3.8) is 0 Å². The van der Waals surface area contributed by atoms with E-state index in [0.29, 0.717) is 3.57 Å². The number of phenols is 1. The van der Waals surface area contributed by atoms with Gasteiger partial charge in [-0.3, -0.25) is 4.79 Å². The predicted molar refractivity (Wildman–Crippen MR) is 73.5 cm³/mol. The first-order valence-corrected chi connectivity index (χ1v) is 6.69. The van der Waals surface area contributed by atoms with E-state index < -0.39 is 18.9 Å². The maximum atomic E-state index is 12.3. The van der Waals surface area contributed by atoms with Crippen LogP contribution in [0, 0.1) is 3.57 Å². The van der Waals surface area contributed by atoms with Crippen molar-refractivity contribution in [2.24, 2.45) is 0 Å². The third kappa shape index (κ3) is 4.24. The average molecular weight is 390 g/mol. The Morgan fingerprint density at radius 1 is 1.50 bits per heavy atom. The van der Waals surface area contributed by atoms with Crippen LogP contribution in [0.25, 0.3) is 0 Å². The highest BCUT2D eigenvalue weighted by Crippen LogP contribution is 2.21. The van der Waals surface area contributed by atoms with E-state index in [1.54, 1.807) is 6.07 Å². The lowest BCUT2D eigenvalue weighted by atomic mass is 10.2. The van der Waals surface area contributed by atoms with Gasteiger partial charge in [0.15, 0.2) is 0 Å². The summed E-state index contributed by atoms with van der Waals surface area (Å²) in [7, 11) is 0. The van der Waals surface area contributed by atoms with E-state index in [9.17, 15) is 18.7 Å². The molecule has 0 spiro atoms. The van der Waals surface area contributed by atoms with Crippen molar-refractivity contribution in [1.29, 1.82) is 0 Å². The molecule has 7 heteroatoms. The van der Waals surface area contributed by atoms with E-state index in [1.807, 2.05) is 22.6 Å². The van der Waals surface area contributed by atoms with Crippen LogP contribution in [0.1, 0.15) is 10.4 Å². The first-order chi connectivity index (χ1) is 8.45. The number of carbonyl (C=O) groups excluding carboxylic acids is 1. The Labute approximate surface area is 122 Å². The third-order valence-corrected chi connectivity index (χ3v) is 3.27. The Morgan fingerprint density at radius 3 is 2.67 bits per heavy atom. The van der Waals surface area contributed by atoms with Crippen LogP contribution in [0.15, 0.2) is 18.2 Å². The number of carbonyl (C=O) groups is 1. The monoisotopic (exact) mass is 389 g/mol. The normalized spacial score (nSPS) is 10.7. The number of amides is 1. The number of alkyl halides is 3. The third-order valence-electron chi connectivity index (χ3n) is 2.19. The van der Waals surface area contributed by atoms with E-state index in [-0.39, 0.29) is 23.7 Å². The molecule has 0 saturated carbocycles. The predicted octanol–water partition coefficient (Wildman–Crippen LogP) is 2.94. The zero-order valence-electron chi connectivity index (χ0n) is 9.25. The zero-order chi connectivity index (χ0) is 13.7. The SMILES string of the molecule is O=C(c1ccc(I)c(O)c1)N(CCCl)CC(F)F. The Balaban J connectivity index is 2.90. The highest BCUT2D eigenvalue weighted by Gasteiger charge is 2.19. The van der Waals surface area contributed by atoms with E-state index in [2.05, 4.69) is 0 Å². The summed E-state index contributed by atoms with van der Waals surface area (Å²) in [6.45, 7) is -0.629. The molecule has 1 aromatic rings. The molecule has 0 bridgehead atoms. The minimum Gasteiger partial charge on any atom is -0.507 e. The number of benzene rings is 1. The summed E-state index contributed by atoms with van der Waals surface area (Å²) < 4.78 is 25.3. The molecule has 1 amide bonds.